The number of hydrogen-bond donors (Lipinski definition) is 1. The van der Waals surface area contributed by atoms with E-state index in [0.29, 0.717) is 0 Å². The number of nitrogens with one attached hydrogen (secondary N) is 1. The minimum atomic E-state index is -0.488. The highest BCUT2D eigenvalue weighted by Gasteiger charge is 2.11. The summed E-state index contributed by atoms with van der Waals surface area (Å²) in [7, 11) is 0. The topological polar surface area (TPSA) is 56.1 Å². The lowest BCUT2D eigenvalue weighted by Crippen LogP contribution is -2.31. The Morgan fingerprint density at radius 3 is 2.68 bits per heavy atom. The van der Waals surface area contributed by atoms with Gasteiger partial charge in [0.1, 0.15) is 0 Å². The number of carbonyl (C=O) groups excluding carboxylic acids is 1. The van der Waals surface area contributed by atoms with Gasteiger partial charge in [-0.2, -0.15) is 0 Å². The van der Waals surface area contributed by atoms with Crippen molar-refractivity contribution in [2.24, 2.45) is 0 Å². The summed E-state index contributed by atoms with van der Waals surface area (Å²) in [4.78, 5) is 16.0. The van der Waals surface area contributed by atoms with Crippen LogP contribution in [0.25, 0.3) is 5.69 Å². The van der Waals surface area contributed by atoms with Gasteiger partial charge in [-0.15, -0.1) is 0 Å². The number of halogens is 1. The number of amides is 1. The average Bonchev–Trinajstić information content (AvgIpc) is 3.16. The quantitative estimate of drug-likeness (QED) is 0.750. The van der Waals surface area contributed by atoms with Crippen LogP contribution in [-0.2, 0) is 4.79 Å². The molecule has 1 aromatic heterocycles. The highest BCUT2D eigenvalue weighted by molar-refractivity contribution is 5.78. The minimum Gasteiger partial charge on any atom is -0.481 e. The van der Waals surface area contributed by atoms with Gasteiger partial charge in [0.2, 0.25) is 0 Å². The molecule has 0 aliphatic heterocycles. The van der Waals surface area contributed by atoms with Crippen LogP contribution in [0, 0.1) is 5.82 Å². The maximum Gasteiger partial charge on any atom is 0.258 e. The maximum atomic E-state index is 13.5. The lowest BCUT2D eigenvalue weighted by atomic mass is 10.1. The molecule has 2 aromatic carbocycles. The normalized spacial score (nSPS) is 11.8. The van der Waals surface area contributed by atoms with Crippen molar-refractivity contribution in [3.05, 3.63) is 78.6 Å². The molecule has 0 saturated heterocycles. The number of imidazole rings is 1. The Bertz CT molecular complexity index is 832. The van der Waals surface area contributed by atoms with Crippen molar-refractivity contribution in [3.63, 3.8) is 0 Å². The molecular formula is C19H18FN3O2. The molecule has 1 atom stereocenters. The van der Waals surface area contributed by atoms with Crippen LogP contribution in [0.5, 0.6) is 5.75 Å². The number of para-hydroxylation sites is 1. The van der Waals surface area contributed by atoms with E-state index in [1.807, 2.05) is 42.0 Å². The first-order valence-electron chi connectivity index (χ1n) is 7.88. The fourth-order valence-electron chi connectivity index (χ4n) is 2.42. The molecular weight excluding hydrogens is 321 g/mol. The summed E-state index contributed by atoms with van der Waals surface area (Å²) >= 11 is 0. The molecule has 0 bridgehead atoms. The standard InChI is InChI=1S/C19H18FN3O2/c1-14(15-6-8-16(9-7-15)23-11-10-21-13-23)22-19(24)12-25-18-5-3-2-4-17(18)20/h2-11,13-14H,12H2,1H3,(H,22,24)/t14-/m1/s1. The van der Waals surface area contributed by atoms with Gasteiger partial charge in [0.25, 0.3) is 5.91 Å². The van der Waals surface area contributed by atoms with E-state index < -0.39 is 5.82 Å². The molecule has 0 saturated carbocycles. The molecule has 1 amide bonds. The van der Waals surface area contributed by atoms with Crippen LogP contribution in [0.1, 0.15) is 18.5 Å². The highest BCUT2D eigenvalue weighted by Crippen LogP contribution is 2.17. The molecule has 5 nitrogen and oxygen atoms in total. The lowest BCUT2D eigenvalue weighted by molar-refractivity contribution is -0.123. The van der Waals surface area contributed by atoms with Crippen molar-refractivity contribution in [2.75, 3.05) is 6.61 Å². The van der Waals surface area contributed by atoms with E-state index in [-0.39, 0.29) is 24.3 Å². The number of ether oxygens (including phenoxy) is 1. The zero-order chi connectivity index (χ0) is 17.6. The van der Waals surface area contributed by atoms with Crippen molar-refractivity contribution < 1.29 is 13.9 Å². The van der Waals surface area contributed by atoms with Gasteiger partial charge in [-0.3, -0.25) is 4.79 Å². The van der Waals surface area contributed by atoms with Gasteiger partial charge in [-0.1, -0.05) is 24.3 Å². The van der Waals surface area contributed by atoms with Crippen molar-refractivity contribution in [3.8, 4) is 11.4 Å². The molecule has 6 heteroatoms. The summed E-state index contributed by atoms with van der Waals surface area (Å²) in [6, 6.07) is 13.6. The fraction of sp³-hybridized carbons (Fsp3) is 0.158. The third-order valence-electron chi connectivity index (χ3n) is 3.77. The first-order valence-corrected chi connectivity index (χ1v) is 7.88. The molecule has 0 fully saturated rings. The zero-order valence-electron chi connectivity index (χ0n) is 13.7. The summed E-state index contributed by atoms with van der Waals surface area (Å²) in [5.74, 6) is -0.733. The number of nitrogens with zero attached hydrogens (tertiary/aromatic N) is 2. The second-order valence-electron chi connectivity index (χ2n) is 5.57. The number of rotatable bonds is 6. The number of carbonyl (C=O) groups is 1. The van der Waals surface area contributed by atoms with Crippen LogP contribution < -0.4 is 10.1 Å². The van der Waals surface area contributed by atoms with Crippen molar-refractivity contribution >= 4 is 5.91 Å². The molecule has 3 aromatic rings. The molecule has 128 valence electrons. The van der Waals surface area contributed by atoms with Gasteiger partial charge in [0, 0.05) is 18.1 Å². The van der Waals surface area contributed by atoms with Gasteiger partial charge in [-0.05, 0) is 36.8 Å². The molecule has 0 aliphatic rings. The van der Waals surface area contributed by atoms with E-state index in [9.17, 15) is 9.18 Å². The Kier molecular flexibility index (Phi) is 5.09. The van der Waals surface area contributed by atoms with Crippen LogP contribution in [0.15, 0.2) is 67.3 Å². The Balaban J connectivity index is 1.55. The third kappa shape index (κ3) is 4.23. The predicted molar refractivity (Wildman–Crippen MR) is 92.0 cm³/mol. The van der Waals surface area contributed by atoms with Gasteiger partial charge < -0.3 is 14.6 Å². The Hall–Kier alpha value is -3.15. The summed E-state index contributed by atoms with van der Waals surface area (Å²) in [6.07, 6.45) is 5.30. The van der Waals surface area contributed by atoms with Gasteiger partial charge in [-0.25, -0.2) is 9.37 Å². The summed E-state index contributed by atoms with van der Waals surface area (Å²) < 4.78 is 20.6. The third-order valence-corrected chi connectivity index (χ3v) is 3.77. The van der Waals surface area contributed by atoms with Crippen LogP contribution in [0.4, 0.5) is 4.39 Å². The average molecular weight is 339 g/mol. The largest absolute Gasteiger partial charge is 0.481 e. The lowest BCUT2D eigenvalue weighted by Gasteiger charge is -2.15. The van der Waals surface area contributed by atoms with Crippen molar-refractivity contribution in [2.45, 2.75) is 13.0 Å². The number of hydrogen-bond acceptors (Lipinski definition) is 3. The Morgan fingerprint density at radius 2 is 2.00 bits per heavy atom. The van der Waals surface area contributed by atoms with Crippen LogP contribution in [0.2, 0.25) is 0 Å². The monoisotopic (exact) mass is 339 g/mol. The van der Waals surface area contributed by atoms with Crippen LogP contribution in [0.3, 0.4) is 0 Å². The van der Waals surface area contributed by atoms with Crippen molar-refractivity contribution in [1.29, 1.82) is 0 Å². The predicted octanol–water partition coefficient (Wildman–Crippen LogP) is 3.27. The molecule has 3 rings (SSSR count). The van der Waals surface area contributed by atoms with Gasteiger partial charge >= 0.3 is 0 Å². The first-order chi connectivity index (χ1) is 12.1. The van der Waals surface area contributed by atoms with E-state index in [1.54, 1.807) is 24.7 Å². The molecule has 1 heterocycles. The van der Waals surface area contributed by atoms with E-state index >= 15 is 0 Å². The molecule has 0 radical (unpaired) electrons. The summed E-state index contributed by atoms with van der Waals surface area (Å²) in [5, 5.41) is 2.83. The smallest absolute Gasteiger partial charge is 0.258 e. The second-order valence-corrected chi connectivity index (χ2v) is 5.57. The second kappa shape index (κ2) is 7.61. The first kappa shape index (κ1) is 16.7. The summed E-state index contributed by atoms with van der Waals surface area (Å²) in [6.45, 7) is 1.64. The van der Waals surface area contributed by atoms with Gasteiger partial charge in [0.15, 0.2) is 18.2 Å². The van der Waals surface area contributed by atoms with Crippen LogP contribution >= 0.6 is 0 Å². The van der Waals surface area contributed by atoms with E-state index in [2.05, 4.69) is 10.3 Å². The molecule has 25 heavy (non-hydrogen) atoms. The zero-order valence-corrected chi connectivity index (χ0v) is 13.7. The fourth-order valence-corrected chi connectivity index (χ4v) is 2.42. The maximum absolute atomic E-state index is 13.5. The molecule has 0 unspecified atom stereocenters. The molecule has 0 aliphatic carbocycles. The van der Waals surface area contributed by atoms with Crippen LogP contribution in [-0.4, -0.2) is 22.1 Å². The van der Waals surface area contributed by atoms with E-state index in [0.717, 1.165) is 11.3 Å². The minimum absolute atomic E-state index is 0.0648. The number of aromatic nitrogens is 2. The molecule has 0 spiro atoms. The Morgan fingerprint density at radius 1 is 1.24 bits per heavy atom. The highest BCUT2D eigenvalue weighted by atomic mass is 19.1. The summed E-state index contributed by atoms with van der Waals surface area (Å²) in [5.41, 5.74) is 1.95. The number of benzene rings is 2. The van der Waals surface area contributed by atoms with E-state index in [4.69, 9.17) is 4.74 Å². The SMILES string of the molecule is C[C@@H](NC(=O)COc1ccccc1F)c1ccc(-n2ccnc2)cc1. The van der Waals surface area contributed by atoms with E-state index in [1.165, 1.54) is 12.1 Å². The Labute approximate surface area is 145 Å². The van der Waals surface area contributed by atoms with Crippen molar-refractivity contribution in [1.82, 2.24) is 14.9 Å². The molecule has 1 N–H and O–H groups in total. The van der Waals surface area contributed by atoms with Gasteiger partial charge in [0.05, 0.1) is 12.4 Å².